The minimum absolute atomic E-state index is 0.127. The first-order valence-electron chi connectivity index (χ1n) is 4.34. The van der Waals surface area contributed by atoms with Gasteiger partial charge in [-0.25, -0.2) is 0 Å². The number of hydrogen-bond acceptors (Lipinski definition) is 3. The molecule has 1 unspecified atom stereocenters. The first-order chi connectivity index (χ1) is 6.98. The zero-order valence-corrected chi connectivity index (χ0v) is 8.74. The molecule has 0 saturated heterocycles. The lowest BCUT2D eigenvalue weighted by molar-refractivity contribution is -0.142. The molecule has 5 heteroatoms. The van der Waals surface area contributed by atoms with Crippen LogP contribution in [0.1, 0.15) is 5.56 Å². The SMILES string of the molecule is NC(CCl)(Cc1ccc(O)cc1)C(=O)O. The molecule has 0 radical (unpaired) electrons. The molecule has 4 nitrogen and oxygen atoms in total. The molecule has 0 heterocycles. The highest BCUT2D eigenvalue weighted by atomic mass is 35.5. The predicted octanol–water partition coefficient (Wildman–Crippen LogP) is 0.956. The minimum Gasteiger partial charge on any atom is -0.508 e. The molecule has 0 aliphatic carbocycles. The van der Waals surface area contributed by atoms with Crippen molar-refractivity contribution in [2.24, 2.45) is 5.73 Å². The van der Waals surface area contributed by atoms with Gasteiger partial charge in [0.15, 0.2) is 0 Å². The summed E-state index contributed by atoms with van der Waals surface area (Å²) in [5.41, 5.74) is 4.88. The van der Waals surface area contributed by atoms with Crippen molar-refractivity contribution < 1.29 is 15.0 Å². The number of hydrogen-bond donors (Lipinski definition) is 3. The quantitative estimate of drug-likeness (QED) is 0.672. The van der Waals surface area contributed by atoms with Gasteiger partial charge in [0, 0.05) is 6.42 Å². The smallest absolute Gasteiger partial charge is 0.325 e. The number of nitrogens with two attached hydrogens (primary N) is 1. The molecule has 0 aromatic heterocycles. The van der Waals surface area contributed by atoms with Crippen molar-refractivity contribution >= 4 is 17.6 Å². The van der Waals surface area contributed by atoms with Gasteiger partial charge in [0.05, 0.1) is 5.88 Å². The molecular formula is C10H12ClNO3. The van der Waals surface area contributed by atoms with E-state index in [0.29, 0.717) is 0 Å². The van der Waals surface area contributed by atoms with Crippen LogP contribution in [0.15, 0.2) is 24.3 Å². The van der Waals surface area contributed by atoms with Crippen LogP contribution >= 0.6 is 11.6 Å². The van der Waals surface area contributed by atoms with Crippen LogP contribution in [-0.2, 0) is 11.2 Å². The van der Waals surface area contributed by atoms with Crippen molar-refractivity contribution in [3.63, 3.8) is 0 Å². The molecule has 0 spiro atoms. The van der Waals surface area contributed by atoms with Gasteiger partial charge < -0.3 is 15.9 Å². The second-order valence-electron chi connectivity index (χ2n) is 3.44. The Labute approximate surface area is 92.3 Å². The summed E-state index contributed by atoms with van der Waals surface area (Å²) in [6.45, 7) is 0. The number of rotatable bonds is 4. The topological polar surface area (TPSA) is 83.5 Å². The second kappa shape index (κ2) is 4.51. The van der Waals surface area contributed by atoms with Crippen LogP contribution in [0.25, 0.3) is 0 Å². The van der Waals surface area contributed by atoms with E-state index < -0.39 is 11.5 Å². The number of aliphatic carboxylic acids is 1. The fourth-order valence-corrected chi connectivity index (χ4v) is 1.37. The minimum atomic E-state index is -1.46. The van der Waals surface area contributed by atoms with Crippen molar-refractivity contribution in [2.75, 3.05) is 5.88 Å². The van der Waals surface area contributed by atoms with Crippen LogP contribution in [0.5, 0.6) is 5.75 Å². The summed E-state index contributed by atoms with van der Waals surface area (Å²) in [7, 11) is 0. The summed E-state index contributed by atoms with van der Waals surface area (Å²) in [4.78, 5) is 10.9. The van der Waals surface area contributed by atoms with Crippen LogP contribution < -0.4 is 5.73 Å². The lowest BCUT2D eigenvalue weighted by atomic mass is 9.94. The van der Waals surface area contributed by atoms with Crippen molar-refractivity contribution in [2.45, 2.75) is 12.0 Å². The van der Waals surface area contributed by atoms with Crippen molar-refractivity contribution in [3.8, 4) is 5.75 Å². The molecule has 4 N–H and O–H groups in total. The third-order valence-corrected chi connectivity index (χ3v) is 2.60. The lowest BCUT2D eigenvalue weighted by Crippen LogP contribution is -2.51. The summed E-state index contributed by atoms with van der Waals surface area (Å²) >= 11 is 5.53. The van der Waals surface area contributed by atoms with Crippen LogP contribution in [0, 0.1) is 0 Å². The Bertz CT molecular complexity index is 352. The van der Waals surface area contributed by atoms with Crippen molar-refractivity contribution in [1.29, 1.82) is 0 Å². The third-order valence-electron chi connectivity index (χ3n) is 2.12. The van der Waals surface area contributed by atoms with E-state index in [1.165, 1.54) is 12.1 Å². The first-order valence-corrected chi connectivity index (χ1v) is 4.87. The number of halogens is 1. The Morgan fingerprint density at radius 3 is 2.33 bits per heavy atom. The predicted molar refractivity (Wildman–Crippen MR) is 57.1 cm³/mol. The second-order valence-corrected chi connectivity index (χ2v) is 3.71. The number of benzene rings is 1. The molecule has 1 rings (SSSR count). The lowest BCUT2D eigenvalue weighted by Gasteiger charge is -2.21. The molecule has 1 aromatic rings. The van der Waals surface area contributed by atoms with E-state index in [0.717, 1.165) is 5.56 Å². The molecule has 1 atom stereocenters. The maximum atomic E-state index is 10.9. The van der Waals surface area contributed by atoms with Gasteiger partial charge >= 0.3 is 5.97 Å². The van der Waals surface area contributed by atoms with Crippen LogP contribution in [-0.4, -0.2) is 27.6 Å². The number of carbonyl (C=O) groups is 1. The zero-order chi connectivity index (χ0) is 11.5. The molecule has 0 amide bonds. The maximum Gasteiger partial charge on any atom is 0.325 e. The Balaban J connectivity index is 2.84. The van der Waals surface area contributed by atoms with Gasteiger partial charge in [0.25, 0.3) is 0 Å². The van der Waals surface area contributed by atoms with Crippen LogP contribution in [0.4, 0.5) is 0 Å². The summed E-state index contributed by atoms with van der Waals surface area (Å²) in [5, 5.41) is 17.9. The molecule has 15 heavy (non-hydrogen) atoms. The first kappa shape index (κ1) is 11.8. The fraction of sp³-hybridized carbons (Fsp3) is 0.300. The van der Waals surface area contributed by atoms with Crippen LogP contribution in [0.3, 0.4) is 0 Å². The molecule has 1 aromatic carbocycles. The number of phenolic OH excluding ortho intramolecular Hbond substituents is 1. The van der Waals surface area contributed by atoms with E-state index in [9.17, 15) is 4.79 Å². The average Bonchev–Trinajstić information content (AvgIpc) is 2.21. The van der Waals surface area contributed by atoms with Crippen LogP contribution in [0.2, 0.25) is 0 Å². The monoisotopic (exact) mass is 229 g/mol. The van der Waals surface area contributed by atoms with Gasteiger partial charge in [0.2, 0.25) is 0 Å². The number of carboxylic acids is 1. The number of alkyl halides is 1. The van der Waals surface area contributed by atoms with E-state index in [1.807, 2.05) is 0 Å². The summed E-state index contributed by atoms with van der Waals surface area (Å²) in [5.74, 6) is -1.17. The summed E-state index contributed by atoms with van der Waals surface area (Å²) in [6, 6.07) is 6.19. The van der Waals surface area contributed by atoms with Gasteiger partial charge in [-0.1, -0.05) is 12.1 Å². The number of aromatic hydroxyl groups is 1. The Kier molecular flexibility index (Phi) is 3.55. The highest BCUT2D eigenvalue weighted by molar-refractivity contribution is 6.20. The maximum absolute atomic E-state index is 10.9. The largest absolute Gasteiger partial charge is 0.508 e. The summed E-state index contributed by atoms with van der Waals surface area (Å²) < 4.78 is 0. The highest BCUT2D eigenvalue weighted by Gasteiger charge is 2.33. The zero-order valence-electron chi connectivity index (χ0n) is 7.98. The Morgan fingerprint density at radius 2 is 1.93 bits per heavy atom. The Hall–Kier alpha value is -1.26. The van der Waals surface area contributed by atoms with E-state index in [4.69, 9.17) is 27.5 Å². The molecule has 0 saturated carbocycles. The normalized spacial score (nSPS) is 14.5. The van der Waals surface area contributed by atoms with E-state index in [2.05, 4.69) is 0 Å². The number of phenols is 1. The molecule has 0 fully saturated rings. The van der Waals surface area contributed by atoms with Gasteiger partial charge in [-0.15, -0.1) is 11.6 Å². The van der Waals surface area contributed by atoms with Gasteiger partial charge in [-0.05, 0) is 17.7 Å². The molecular weight excluding hydrogens is 218 g/mol. The average molecular weight is 230 g/mol. The van der Waals surface area contributed by atoms with E-state index in [1.54, 1.807) is 12.1 Å². The highest BCUT2D eigenvalue weighted by Crippen LogP contribution is 2.16. The van der Waals surface area contributed by atoms with Gasteiger partial charge in [0.1, 0.15) is 11.3 Å². The molecule has 82 valence electrons. The molecule has 0 bridgehead atoms. The number of carboxylic acid groups (broad SMARTS) is 1. The van der Waals surface area contributed by atoms with Gasteiger partial charge in [-0.3, -0.25) is 4.79 Å². The third kappa shape index (κ3) is 2.84. The molecule has 0 aliphatic heterocycles. The standard InChI is InChI=1S/C10H12ClNO3/c11-6-10(12,9(14)15)5-7-1-3-8(13)4-2-7/h1-4,13H,5-6,12H2,(H,14,15). The fourth-order valence-electron chi connectivity index (χ4n) is 1.16. The summed E-state index contributed by atoms with van der Waals surface area (Å²) in [6.07, 6.45) is 0.131. The van der Waals surface area contributed by atoms with Gasteiger partial charge in [-0.2, -0.15) is 0 Å². The van der Waals surface area contributed by atoms with E-state index in [-0.39, 0.29) is 18.1 Å². The molecule has 0 aliphatic rings. The van der Waals surface area contributed by atoms with E-state index >= 15 is 0 Å². The Morgan fingerprint density at radius 1 is 1.40 bits per heavy atom. The van der Waals surface area contributed by atoms with Crippen molar-refractivity contribution in [1.82, 2.24) is 0 Å². The van der Waals surface area contributed by atoms with Crippen molar-refractivity contribution in [3.05, 3.63) is 29.8 Å².